The van der Waals surface area contributed by atoms with Crippen LogP contribution in [0.3, 0.4) is 0 Å². The lowest BCUT2D eigenvalue weighted by molar-refractivity contribution is -0.129. The second-order valence-electron chi connectivity index (χ2n) is 4.51. The molecule has 0 unspecified atom stereocenters. The van der Waals surface area contributed by atoms with Gasteiger partial charge in [0.2, 0.25) is 5.91 Å². The number of nitrogens with zero attached hydrogens (tertiary/aromatic N) is 3. The Morgan fingerprint density at radius 1 is 1.44 bits per heavy atom. The summed E-state index contributed by atoms with van der Waals surface area (Å²) in [6.45, 7) is 3.05. The SMILES string of the molecule is CN1CCN(Cc2ccnc(N)c2Cl)CCC1=O. The predicted molar refractivity (Wildman–Crippen MR) is 71.2 cm³/mol. The van der Waals surface area contributed by atoms with Crippen molar-refractivity contribution in [2.24, 2.45) is 0 Å². The van der Waals surface area contributed by atoms with E-state index in [4.69, 9.17) is 17.3 Å². The predicted octanol–water partition coefficient (Wildman–Crippen LogP) is 0.981. The number of nitrogens with two attached hydrogens (primary N) is 1. The number of anilines is 1. The zero-order chi connectivity index (χ0) is 13.1. The Bertz CT molecular complexity index is 452. The highest BCUT2D eigenvalue weighted by molar-refractivity contribution is 6.33. The van der Waals surface area contributed by atoms with E-state index in [1.807, 2.05) is 13.1 Å². The van der Waals surface area contributed by atoms with Crippen molar-refractivity contribution < 1.29 is 4.79 Å². The number of aromatic nitrogens is 1. The Kier molecular flexibility index (Phi) is 4.04. The first kappa shape index (κ1) is 13.1. The van der Waals surface area contributed by atoms with Crippen LogP contribution < -0.4 is 5.73 Å². The van der Waals surface area contributed by atoms with E-state index in [0.29, 0.717) is 23.8 Å². The standard InChI is InChI=1S/C12H17ClN4O/c1-16-6-7-17(5-3-10(16)18)8-9-2-4-15-12(14)11(9)13/h2,4H,3,5-8H2,1H3,(H2,14,15). The second kappa shape index (κ2) is 5.54. The second-order valence-corrected chi connectivity index (χ2v) is 4.89. The van der Waals surface area contributed by atoms with Crippen LogP contribution in [0.15, 0.2) is 12.3 Å². The summed E-state index contributed by atoms with van der Waals surface area (Å²) in [6.07, 6.45) is 2.21. The van der Waals surface area contributed by atoms with Crippen molar-refractivity contribution in [1.29, 1.82) is 0 Å². The molecule has 2 heterocycles. The van der Waals surface area contributed by atoms with Gasteiger partial charge in [-0.2, -0.15) is 0 Å². The molecule has 18 heavy (non-hydrogen) atoms. The quantitative estimate of drug-likeness (QED) is 0.869. The molecule has 0 bridgehead atoms. The van der Waals surface area contributed by atoms with E-state index in [2.05, 4.69) is 9.88 Å². The van der Waals surface area contributed by atoms with Crippen molar-refractivity contribution in [1.82, 2.24) is 14.8 Å². The van der Waals surface area contributed by atoms with E-state index < -0.39 is 0 Å². The van der Waals surface area contributed by atoms with Crippen molar-refractivity contribution >= 4 is 23.3 Å². The van der Waals surface area contributed by atoms with Crippen LogP contribution in [0.5, 0.6) is 0 Å². The number of halogens is 1. The molecular weight excluding hydrogens is 252 g/mol. The molecule has 6 heteroatoms. The van der Waals surface area contributed by atoms with Crippen LogP contribution in [-0.4, -0.2) is 47.4 Å². The summed E-state index contributed by atoms with van der Waals surface area (Å²) < 4.78 is 0. The minimum atomic E-state index is 0.192. The van der Waals surface area contributed by atoms with Gasteiger partial charge in [0.05, 0.1) is 5.02 Å². The highest BCUT2D eigenvalue weighted by Gasteiger charge is 2.18. The van der Waals surface area contributed by atoms with Gasteiger partial charge in [0, 0.05) is 45.8 Å². The molecule has 5 nitrogen and oxygen atoms in total. The van der Waals surface area contributed by atoms with E-state index >= 15 is 0 Å². The number of carbonyl (C=O) groups is 1. The van der Waals surface area contributed by atoms with E-state index in [9.17, 15) is 4.79 Å². The average molecular weight is 269 g/mol. The van der Waals surface area contributed by atoms with Gasteiger partial charge in [-0.3, -0.25) is 9.69 Å². The summed E-state index contributed by atoms with van der Waals surface area (Å²) >= 11 is 6.12. The van der Waals surface area contributed by atoms with Crippen molar-refractivity contribution in [2.75, 3.05) is 32.4 Å². The van der Waals surface area contributed by atoms with E-state index in [1.165, 1.54) is 0 Å². The van der Waals surface area contributed by atoms with Crippen molar-refractivity contribution in [3.8, 4) is 0 Å². The summed E-state index contributed by atoms with van der Waals surface area (Å²) in [5.74, 6) is 0.551. The van der Waals surface area contributed by atoms with Crippen LogP contribution in [0.25, 0.3) is 0 Å². The molecule has 0 aromatic carbocycles. The lowest BCUT2D eigenvalue weighted by Gasteiger charge is -2.20. The summed E-state index contributed by atoms with van der Waals surface area (Å²) in [5, 5.41) is 0.515. The maximum Gasteiger partial charge on any atom is 0.223 e. The van der Waals surface area contributed by atoms with E-state index in [0.717, 1.165) is 25.2 Å². The number of pyridine rings is 1. The molecule has 98 valence electrons. The highest BCUT2D eigenvalue weighted by atomic mass is 35.5. The van der Waals surface area contributed by atoms with Crippen molar-refractivity contribution in [3.05, 3.63) is 22.8 Å². The molecule has 0 radical (unpaired) electrons. The number of rotatable bonds is 2. The van der Waals surface area contributed by atoms with Crippen LogP contribution in [0.4, 0.5) is 5.82 Å². The molecule has 1 saturated heterocycles. The van der Waals surface area contributed by atoms with Gasteiger partial charge in [-0.15, -0.1) is 0 Å². The number of likely N-dealkylation sites (N-methyl/N-ethyl adjacent to an activating group) is 1. The van der Waals surface area contributed by atoms with Gasteiger partial charge in [0.1, 0.15) is 5.82 Å². The van der Waals surface area contributed by atoms with Crippen molar-refractivity contribution in [2.45, 2.75) is 13.0 Å². The molecule has 0 spiro atoms. The third-order valence-electron chi connectivity index (χ3n) is 3.21. The topological polar surface area (TPSA) is 62.5 Å². The van der Waals surface area contributed by atoms with Crippen LogP contribution in [-0.2, 0) is 11.3 Å². The Balaban J connectivity index is 2.05. The molecular formula is C12H17ClN4O. The lowest BCUT2D eigenvalue weighted by atomic mass is 10.2. The Hall–Kier alpha value is -1.33. The van der Waals surface area contributed by atoms with Gasteiger partial charge in [0.25, 0.3) is 0 Å². The molecule has 1 aliphatic rings. The monoisotopic (exact) mass is 268 g/mol. The van der Waals surface area contributed by atoms with Crippen LogP contribution in [0.1, 0.15) is 12.0 Å². The highest BCUT2D eigenvalue weighted by Crippen LogP contribution is 2.22. The first-order chi connectivity index (χ1) is 8.58. The fourth-order valence-electron chi connectivity index (χ4n) is 2.00. The third kappa shape index (κ3) is 2.91. The summed E-state index contributed by atoms with van der Waals surface area (Å²) in [4.78, 5) is 19.5. The molecule has 0 saturated carbocycles. The van der Waals surface area contributed by atoms with Gasteiger partial charge < -0.3 is 10.6 Å². The fraction of sp³-hybridized carbons (Fsp3) is 0.500. The zero-order valence-corrected chi connectivity index (χ0v) is 11.2. The van der Waals surface area contributed by atoms with E-state index in [1.54, 1.807) is 11.1 Å². The average Bonchev–Trinajstić information content (AvgIpc) is 2.50. The molecule has 2 N–H and O–H groups in total. The molecule has 1 fully saturated rings. The zero-order valence-electron chi connectivity index (χ0n) is 10.4. The minimum Gasteiger partial charge on any atom is -0.382 e. The van der Waals surface area contributed by atoms with Gasteiger partial charge in [-0.25, -0.2) is 4.98 Å². The molecule has 2 rings (SSSR count). The minimum absolute atomic E-state index is 0.192. The number of hydrogen-bond acceptors (Lipinski definition) is 4. The smallest absolute Gasteiger partial charge is 0.223 e. The fourth-order valence-corrected chi connectivity index (χ4v) is 2.17. The molecule has 1 amide bonds. The summed E-state index contributed by atoms with van der Waals surface area (Å²) in [5.41, 5.74) is 6.64. The Morgan fingerprint density at radius 3 is 3.00 bits per heavy atom. The van der Waals surface area contributed by atoms with Crippen LogP contribution in [0, 0.1) is 0 Å². The summed E-state index contributed by atoms with van der Waals surface area (Å²) in [6, 6.07) is 1.87. The molecule has 1 aromatic rings. The first-order valence-corrected chi connectivity index (χ1v) is 6.31. The molecule has 1 aliphatic heterocycles. The molecule has 1 aromatic heterocycles. The maximum absolute atomic E-state index is 11.6. The van der Waals surface area contributed by atoms with E-state index in [-0.39, 0.29) is 5.91 Å². The Labute approximate surface area is 112 Å². The number of hydrogen-bond donors (Lipinski definition) is 1. The van der Waals surface area contributed by atoms with Crippen LogP contribution >= 0.6 is 11.6 Å². The number of carbonyl (C=O) groups excluding carboxylic acids is 1. The van der Waals surface area contributed by atoms with Crippen molar-refractivity contribution in [3.63, 3.8) is 0 Å². The maximum atomic E-state index is 11.6. The number of amides is 1. The third-order valence-corrected chi connectivity index (χ3v) is 3.65. The van der Waals surface area contributed by atoms with Gasteiger partial charge in [0.15, 0.2) is 0 Å². The largest absolute Gasteiger partial charge is 0.382 e. The van der Waals surface area contributed by atoms with Gasteiger partial charge >= 0.3 is 0 Å². The Morgan fingerprint density at radius 2 is 2.22 bits per heavy atom. The lowest BCUT2D eigenvalue weighted by Crippen LogP contribution is -2.29. The number of nitrogen functional groups attached to an aromatic ring is 1. The summed E-state index contributed by atoms with van der Waals surface area (Å²) in [7, 11) is 1.84. The van der Waals surface area contributed by atoms with Gasteiger partial charge in [-0.05, 0) is 11.6 Å². The normalized spacial score (nSPS) is 17.9. The molecule has 0 atom stereocenters. The molecule has 0 aliphatic carbocycles. The van der Waals surface area contributed by atoms with Crippen LogP contribution in [0.2, 0.25) is 5.02 Å². The first-order valence-electron chi connectivity index (χ1n) is 5.93. The van der Waals surface area contributed by atoms with Gasteiger partial charge in [-0.1, -0.05) is 11.6 Å².